The van der Waals surface area contributed by atoms with Crippen LogP contribution in [0.15, 0.2) is 30.3 Å². The van der Waals surface area contributed by atoms with E-state index >= 15 is 0 Å². The van der Waals surface area contributed by atoms with Gasteiger partial charge in [-0.3, -0.25) is 33.7 Å². The molecule has 3 N–H and O–H groups in total. The highest BCUT2D eigenvalue weighted by molar-refractivity contribution is 8.01. The van der Waals surface area contributed by atoms with E-state index in [1.807, 2.05) is 0 Å². The molecular weight excluding hydrogens is 532 g/mol. The average molecular weight is 561 g/mol. The van der Waals surface area contributed by atoms with Crippen LogP contribution in [0.4, 0.5) is 0 Å². The number of amides is 6. The van der Waals surface area contributed by atoms with Crippen LogP contribution in [0.1, 0.15) is 32.4 Å². The summed E-state index contributed by atoms with van der Waals surface area (Å²) in [6.07, 6.45) is 0.484. The lowest BCUT2D eigenvalue weighted by Crippen LogP contribution is -2.79. The van der Waals surface area contributed by atoms with Crippen molar-refractivity contribution in [3.63, 3.8) is 0 Å². The second-order valence-corrected chi connectivity index (χ2v) is 11.3. The molecule has 3 aliphatic heterocycles. The molecule has 3 saturated heterocycles. The van der Waals surface area contributed by atoms with E-state index in [1.54, 1.807) is 51.1 Å². The molecule has 3 fully saturated rings. The van der Waals surface area contributed by atoms with Gasteiger partial charge >= 0.3 is 17.8 Å². The minimum Gasteiger partial charge on any atom is -0.478 e. The van der Waals surface area contributed by atoms with Crippen molar-refractivity contribution in [3.8, 4) is 0 Å². The van der Waals surface area contributed by atoms with E-state index in [-0.39, 0.29) is 25.9 Å². The maximum Gasteiger partial charge on any atom is 0.352 e. The van der Waals surface area contributed by atoms with Crippen LogP contribution in [0.3, 0.4) is 0 Å². The fraction of sp³-hybridized carbons (Fsp3) is 0.458. The van der Waals surface area contributed by atoms with Gasteiger partial charge < -0.3 is 20.6 Å². The van der Waals surface area contributed by atoms with Crippen molar-refractivity contribution in [1.82, 2.24) is 30.5 Å². The molecule has 6 amide bonds. The van der Waals surface area contributed by atoms with Gasteiger partial charge in [0.2, 0.25) is 24.4 Å². The maximum atomic E-state index is 13.7. The number of nitrogens with zero attached hydrogens (tertiary/aromatic N) is 4. The fourth-order valence-corrected chi connectivity index (χ4v) is 6.94. The minimum atomic E-state index is -2.04. The van der Waals surface area contributed by atoms with Gasteiger partial charge in [0.05, 0.1) is 11.3 Å². The third-order valence-corrected chi connectivity index (χ3v) is 8.86. The molecule has 0 aliphatic carbocycles. The van der Waals surface area contributed by atoms with E-state index in [0.717, 1.165) is 26.7 Å². The number of carboxylic acid groups (broad SMARTS) is 1. The van der Waals surface area contributed by atoms with Crippen LogP contribution in [0.5, 0.6) is 0 Å². The van der Waals surface area contributed by atoms with Gasteiger partial charge in [0.1, 0.15) is 11.4 Å². The highest BCUT2D eigenvalue weighted by atomic mass is 32.2. The first-order valence-corrected chi connectivity index (χ1v) is 13.0. The Morgan fingerprint density at radius 3 is 2.38 bits per heavy atom. The molecule has 1 aromatic rings. The number of benzene rings is 1. The largest absolute Gasteiger partial charge is 0.478 e. The highest BCUT2D eigenvalue weighted by Crippen LogP contribution is 2.55. The van der Waals surface area contributed by atoms with Gasteiger partial charge in [-0.15, -0.1) is 11.8 Å². The number of hydrazine groups is 1. The zero-order valence-corrected chi connectivity index (χ0v) is 22.2. The van der Waals surface area contributed by atoms with E-state index in [0.29, 0.717) is 12.1 Å². The lowest BCUT2D eigenvalue weighted by atomic mass is 9.88. The number of piperazine rings is 1. The first-order chi connectivity index (χ1) is 18.5. The van der Waals surface area contributed by atoms with Crippen LogP contribution < -0.4 is 10.6 Å². The van der Waals surface area contributed by atoms with Crippen molar-refractivity contribution < 1.29 is 38.7 Å². The predicted molar refractivity (Wildman–Crippen MR) is 135 cm³/mol. The first-order valence-electron chi connectivity index (χ1n) is 12.1. The van der Waals surface area contributed by atoms with Gasteiger partial charge in [0.15, 0.2) is 6.04 Å². The number of fused-ring (bicyclic) bond motifs is 1. The Morgan fingerprint density at radius 1 is 1.15 bits per heavy atom. The highest BCUT2D eigenvalue weighted by Gasteiger charge is 2.73. The number of aliphatic carboxylic acids is 1. The Hall–Kier alpha value is -4.14. The van der Waals surface area contributed by atoms with Crippen LogP contribution in [0.25, 0.3) is 0 Å². The predicted octanol–water partition coefficient (Wildman–Crippen LogP) is -1.50. The normalized spacial score (nSPS) is 26.3. The van der Waals surface area contributed by atoms with E-state index in [2.05, 4.69) is 10.6 Å². The molecule has 0 radical (unpaired) electrons. The van der Waals surface area contributed by atoms with Gasteiger partial charge in [-0.1, -0.05) is 30.3 Å². The zero-order chi connectivity index (χ0) is 28.7. The Balaban J connectivity index is 1.64. The molecule has 4 rings (SSSR count). The van der Waals surface area contributed by atoms with Gasteiger partial charge in [-0.05, 0) is 26.3 Å². The van der Waals surface area contributed by atoms with Gasteiger partial charge in [0.25, 0.3) is 5.91 Å². The molecule has 0 aromatic heterocycles. The van der Waals surface area contributed by atoms with E-state index in [9.17, 15) is 38.7 Å². The summed E-state index contributed by atoms with van der Waals surface area (Å²) < 4.78 is -1.17. The number of thioether (sulfide) groups is 1. The second-order valence-electron chi connectivity index (χ2n) is 9.60. The van der Waals surface area contributed by atoms with Crippen molar-refractivity contribution in [2.45, 2.75) is 48.6 Å². The number of β-lactam (4-membered cyclic amide) rings is 1. The maximum absolute atomic E-state index is 13.7. The zero-order valence-electron chi connectivity index (χ0n) is 21.4. The Morgan fingerprint density at radius 2 is 1.82 bits per heavy atom. The van der Waals surface area contributed by atoms with Gasteiger partial charge in [0, 0.05) is 13.1 Å². The van der Waals surface area contributed by atoms with Crippen LogP contribution in [-0.4, -0.2) is 109 Å². The molecule has 4 atom stereocenters. The summed E-state index contributed by atoms with van der Waals surface area (Å²) >= 11 is 1.09. The van der Waals surface area contributed by atoms with Crippen LogP contribution in [-0.2, 0) is 33.6 Å². The molecule has 1 unspecified atom stereocenters. The summed E-state index contributed by atoms with van der Waals surface area (Å²) in [6.45, 7) is 5.25. The Kier molecular flexibility index (Phi) is 7.29. The van der Waals surface area contributed by atoms with Crippen molar-refractivity contribution in [3.05, 3.63) is 35.9 Å². The number of hydrogen-bond donors (Lipinski definition) is 3. The molecule has 39 heavy (non-hydrogen) atoms. The van der Waals surface area contributed by atoms with Gasteiger partial charge in [-0.2, -0.15) is 0 Å². The molecule has 208 valence electrons. The summed E-state index contributed by atoms with van der Waals surface area (Å²) in [4.78, 5) is 90.5. The van der Waals surface area contributed by atoms with Crippen molar-refractivity contribution >= 4 is 54.2 Å². The van der Waals surface area contributed by atoms with Crippen LogP contribution >= 0.6 is 11.8 Å². The van der Waals surface area contributed by atoms with E-state index in [4.69, 9.17) is 0 Å². The average Bonchev–Trinajstić information content (AvgIpc) is 3.12. The fourth-order valence-electron chi connectivity index (χ4n) is 5.24. The van der Waals surface area contributed by atoms with Gasteiger partial charge in [-0.25, -0.2) is 14.8 Å². The molecular formula is C24H28N6O8S. The molecule has 0 saturated carbocycles. The molecule has 15 heteroatoms. The molecule has 0 spiro atoms. The van der Waals surface area contributed by atoms with Crippen molar-refractivity contribution in [2.75, 3.05) is 19.6 Å². The SMILES string of the molecule is CCN1CCN(N(C=O)C(C(=O)N[C@@H]2C(=O)N3[C@@H]2SC(C)(C)[C@]3(NC=O)C(=O)O)c2ccccc2)C(=O)C1=O. The summed E-state index contributed by atoms with van der Waals surface area (Å²) in [7, 11) is 0. The Bertz CT molecular complexity index is 1230. The lowest BCUT2D eigenvalue weighted by molar-refractivity contribution is -0.179. The van der Waals surface area contributed by atoms with Crippen molar-refractivity contribution in [1.29, 1.82) is 0 Å². The van der Waals surface area contributed by atoms with E-state index < -0.39 is 57.5 Å². The molecule has 0 bridgehead atoms. The monoisotopic (exact) mass is 560 g/mol. The Labute approximate surface area is 227 Å². The smallest absolute Gasteiger partial charge is 0.352 e. The standard InChI is InChI=1S/C24H28N6O8S/c1-4-27-10-11-28(20(36)19(27)35)29(13-32)16(14-8-6-5-7-9-14)17(33)26-15-18(34)30-21(15)39-23(2,3)24(30,22(37)38)25-12-31/h5-9,12-13,15-16,21H,4,10-11H2,1-3H3,(H,25,31)(H,26,33)(H,37,38)/t15-,16?,21-,24+/m1/s1. The number of hydrogen-bond acceptors (Lipinski definition) is 8. The molecule has 3 aliphatic rings. The number of carbonyl (C=O) groups excluding carboxylic acids is 6. The molecule has 14 nitrogen and oxygen atoms in total. The summed E-state index contributed by atoms with van der Waals surface area (Å²) in [5.74, 6) is -4.79. The van der Waals surface area contributed by atoms with Crippen LogP contribution in [0.2, 0.25) is 0 Å². The van der Waals surface area contributed by atoms with E-state index in [1.165, 1.54) is 4.90 Å². The van der Waals surface area contributed by atoms with Crippen molar-refractivity contribution in [2.24, 2.45) is 0 Å². The minimum absolute atomic E-state index is 0.0327. The third kappa shape index (κ3) is 4.16. The number of nitrogens with one attached hydrogen (secondary N) is 2. The third-order valence-electron chi connectivity index (χ3n) is 7.25. The number of carboxylic acids is 1. The summed E-state index contributed by atoms with van der Waals surface area (Å²) in [5, 5.41) is 15.8. The summed E-state index contributed by atoms with van der Waals surface area (Å²) in [5.41, 5.74) is -1.73. The number of carbonyl (C=O) groups is 7. The second kappa shape index (κ2) is 10.2. The number of likely N-dealkylation sites (N-methyl/N-ethyl adjacent to an activating group) is 1. The molecule has 3 heterocycles. The number of rotatable bonds is 10. The lowest BCUT2D eigenvalue weighted by Gasteiger charge is -2.49. The quantitative estimate of drug-likeness (QED) is 0.175. The van der Waals surface area contributed by atoms with Crippen LogP contribution in [0, 0.1) is 0 Å². The first kappa shape index (κ1) is 27.9. The summed E-state index contributed by atoms with van der Waals surface area (Å²) in [6, 6.07) is 5.45. The molecule has 1 aromatic carbocycles. The topological polar surface area (TPSA) is 177 Å².